The van der Waals surface area contributed by atoms with Crippen molar-refractivity contribution in [2.24, 2.45) is 0 Å². The van der Waals surface area contributed by atoms with Gasteiger partial charge in [-0.05, 0) is 35.4 Å². The zero-order valence-corrected chi connectivity index (χ0v) is 18.8. The summed E-state index contributed by atoms with van der Waals surface area (Å²) in [5, 5.41) is 6.24. The maximum Gasteiger partial charge on any atom is 0.341 e. The number of anilines is 1. The summed E-state index contributed by atoms with van der Waals surface area (Å²) in [6, 6.07) is 14.0. The van der Waals surface area contributed by atoms with Gasteiger partial charge in [-0.15, -0.1) is 0 Å². The Balaban J connectivity index is 1.44. The minimum Gasteiger partial charge on any atom is -0.370 e. The average Bonchev–Trinajstić information content (AvgIpc) is 2.82. The third kappa shape index (κ3) is 6.01. The van der Waals surface area contributed by atoms with Crippen LogP contribution in [0.25, 0.3) is 0 Å². The van der Waals surface area contributed by atoms with Crippen LogP contribution in [0.4, 0.5) is 10.5 Å². The van der Waals surface area contributed by atoms with Gasteiger partial charge >= 0.3 is 6.03 Å². The van der Waals surface area contributed by atoms with Gasteiger partial charge in [-0.3, -0.25) is 9.59 Å². The van der Waals surface area contributed by atoms with Crippen LogP contribution < -0.4 is 5.32 Å². The second-order valence-electron chi connectivity index (χ2n) is 7.75. The number of hydrazine groups is 1. The summed E-state index contributed by atoms with van der Waals surface area (Å²) >= 11 is 5.97. The highest BCUT2D eigenvalue weighted by Gasteiger charge is 2.29. The number of carbonyl (C=O) groups excluding carboxylic acids is 3. The molecule has 2 aromatic carbocycles. The van der Waals surface area contributed by atoms with Gasteiger partial charge < -0.3 is 19.7 Å². The molecule has 2 saturated heterocycles. The number of halogens is 1. The summed E-state index contributed by atoms with van der Waals surface area (Å²) < 4.78 is 10.4. The van der Waals surface area contributed by atoms with Crippen LogP contribution in [-0.2, 0) is 32.2 Å². The monoisotopic (exact) mass is 472 g/mol. The van der Waals surface area contributed by atoms with Crippen molar-refractivity contribution in [1.29, 1.82) is 0 Å². The minimum atomic E-state index is -0.434. The molecule has 2 aromatic rings. The van der Waals surface area contributed by atoms with Crippen molar-refractivity contribution < 1.29 is 23.9 Å². The Bertz CT molecular complexity index is 999. The average molecular weight is 473 g/mol. The Hall–Kier alpha value is -3.14. The number of rotatable bonds is 6. The standard InChI is InChI=1S/C23H25ClN4O5/c24-19-5-1-18(2-6-19)14-28(27-10-12-33-16-22(27)30)23(31)25-20-7-3-17(4-8-20)13-26-9-11-32-15-21(26)29/h1-8H,9-16H2,(H,25,31). The summed E-state index contributed by atoms with van der Waals surface area (Å²) in [7, 11) is 0. The molecule has 2 heterocycles. The van der Waals surface area contributed by atoms with E-state index in [-0.39, 0.29) is 38.1 Å². The molecule has 0 atom stereocenters. The maximum atomic E-state index is 13.2. The summed E-state index contributed by atoms with van der Waals surface area (Å²) in [6.07, 6.45) is 0. The van der Waals surface area contributed by atoms with E-state index in [9.17, 15) is 14.4 Å². The summed E-state index contributed by atoms with van der Waals surface area (Å²) in [4.78, 5) is 39.2. The van der Waals surface area contributed by atoms with Crippen molar-refractivity contribution in [2.45, 2.75) is 13.1 Å². The molecule has 2 fully saturated rings. The van der Waals surface area contributed by atoms with E-state index in [0.29, 0.717) is 37.0 Å². The Morgan fingerprint density at radius 2 is 1.55 bits per heavy atom. The predicted molar refractivity (Wildman–Crippen MR) is 121 cm³/mol. The Morgan fingerprint density at radius 3 is 2.21 bits per heavy atom. The van der Waals surface area contributed by atoms with E-state index in [1.807, 2.05) is 24.3 Å². The van der Waals surface area contributed by atoms with Crippen molar-refractivity contribution in [3.05, 3.63) is 64.7 Å². The van der Waals surface area contributed by atoms with E-state index >= 15 is 0 Å². The largest absolute Gasteiger partial charge is 0.370 e. The van der Waals surface area contributed by atoms with E-state index in [1.165, 1.54) is 10.0 Å². The number of carbonyl (C=O) groups is 3. The molecule has 0 unspecified atom stereocenters. The van der Waals surface area contributed by atoms with Crippen LogP contribution in [-0.4, -0.2) is 72.3 Å². The van der Waals surface area contributed by atoms with Crippen molar-refractivity contribution in [3.63, 3.8) is 0 Å². The number of hydrogen-bond donors (Lipinski definition) is 1. The molecule has 9 nitrogen and oxygen atoms in total. The van der Waals surface area contributed by atoms with E-state index in [1.54, 1.807) is 29.2 Å². The van der Waals surface area contributed by atoms with Crippen LogP contribution in [0.15, 0.2) is 48.5 Å². The molecule has 0 aliphatic carbocycles. The fourth-order valence-corrected chi connectivity index (χ4v) is 3.74. The molecule has 2 aliphatic heterocycles. The van der Waals surface area contributed by atoms with Crippen LogP contribution in [0.1, 0.15) is 11.1 Å². The Labute approximate surface area is 196 Å². The number of morpholine rings is 2. The first-order valence-corrected chi connectivity index (χ1v) is 11.0. The first-order valence-electron chi connectivity index (χ1n) is 10.6. The van der Waals surface area contributed by atoms with E-state index in [2.05, 4.69) is 5.32 Å². The number of nitrogens with zero attached hydrogens (tertiary/aromatic N) is 3. The smallest absolute Gasteiger partial charge is 0.341 e. The van der Waals surface area contributed by atoms with Gasteiger partial charge in [0.15, 0.2) is 0 Å². The lowest BCUT2D eigenvalue weighted by Gasteiger charge is -2.37. The molecule has 0 aromatic heterocycles. The van der Waals surface area contributed by atoms with Gasteiger partial charge in [0.2, 0.25) is 5.91 Å². The molecule has 4 amide bonds. The molecule has 0 bridgehead atoms. The topological polar surface area (TPSA) is 91.4 Å². The highest BCUT2D eigenvalue weighted by atomic mass is 35.5. The van der Waals surface area contributed by atoms with E-state index < -0.39 is 6.03 Å². The summed E-state index contributed by atoms with van der Waals surface area (Å²) in [5.41, 5.74) is 2.36. The van der Waals surface area contributed by atoms with Crippen LogP contribution >= 0.6 is 11.6 Å². The minimum absolute atomic E-state index is 0.0355. The zero-order valence-electron chi connectivity index (χ0n) is 18.0. The lowest BCUT2D eigenvalue weighted by Crippen LogP contribution is -2.55. The van der Waals surface area contributed by atoms with Crippen LogP contribution in [0, 0.1) is 0 Å². The van der Waals surface area contributed by atoms with E-state index in [4.69, 9.17) is 21.1 Å². The van der Waals surface area contributed by atoms with Crippen molar-refractivity contribution in [3.8, 4) is 0 Å². The van der Waals surface area contributed by atoms with Gasteiger partial charge in [-0.1, -0.05) is 35.9 Å². The second-order valence-corrected chi connectivity index (χ2v) is 8.18. The van der Waals surface area contributed by atoms with Crippen LogP contribution in [0.2, 0.25) is 5.02 Å². The molecule has 0 spiro atoms. The fourth-order valence-electron chi connectivity index (χ4n) is 3.61. The predicted octanol–water partition coefficient (Wildman–Crippen LogP) is 2.51. The normalized spacial score (nSPS) is 16.6. The molecule has 0 saturated carbocycles. The second kappa shape index (κ2) is 10.7. The number of benzene rings is 2. The quantitative estimate of drug-likeness (QED) is 0.697. The van der Waals surface area contributed by atoms with Gasteiger partial charge in [0.1, 0.15) is 13.2 Å². The highest BCUT2D eigenvalue weighted by molar-refractivity contribution is 6.30. The summed E-state index contributed by atoms with van der Waals surface area (Å²) in [5.74, 6) is -0.317. The van der Waals surface area contributed by atoms with Crippen molar-refractivity contribution in [1.82, 2.24) is 14.9 Å². The first kappa shape index (κ1) is 23.0. The zero-order chi connectivity index (χ0) is 23.2. The Kier molecular flexibility index (Phi) is 7.43. The number of ether oxygens (including phenoxy) is 2. The molecular formula is C23H25ClN4O5. The third-order valence-corrected chi connectivity index (χ3v) is 5.65. The van der Waals surface area contributed by atoms with Gasteiger partial charge in [0.05, 0.1) is 26.3 Å². The molecule has 4 rings (SSSR count). The molecule has 10 heteroatoms. The molecule has 174 valence electrons. The van der Waals surface area contributed by atoms with Gasteiger partial charge in [-0.25, -0.2) is 14.8 Å². The fraction of sp³-hybridized carbons (Fsp3) is 0.348. The number of amides is 4. The molecule has 2 aliphatic rings. The number of nitrogens with one attached hydrogen (secondary N) is 1. The van der Waals surface area contributed by atoms with Gasteiger partial charge in [0.25, 0.3) is 5.91 Å². The highest BCUT2D eigenvalue weighted by Crippen LogP contribution is 2.18. The number of urea groups is 1. The third-order valence-electron chi connectivity index (χ3n) is 5.39. The van der Waals surface area contributed by atoms with Crippen molar-refractivity contribution in [2.75, 3.05) is 44.8 Å². The lowest BCUT2D eigenvalue weighted by molar-refractivity contribution is -0.159. The molecule has 0 radical (unpaired) electrons. The molecular weight excluding hydrogens is 448 g/mol. The van der Waals surface area contributed by atoms with E-state index in [0.717, 1.165) is 11.1 Å². The van der Waals surface area contributed by atoms with Gasteiger partial charge in [-0.2, -0.15) is 0 Å². The lowest BCUT2D eigenvalue weighted by atomic mass is 10.2. The molecule has 33 heavy (non-hydrogen) atoms. The number of hydrogen-bond acceptors (Lipinski definition) is 5. The van der Waals surface area contributed by atoms with Gasteiger partial charge in [0, 0.05) is 23.8 Å². The van der Waals surface area contributed by atoms with Crippen LogP contribution in [0.3, 0.4) is 0 Å². The van der Waals surface area contributed by atoms with Crippen molar-refractivity contribution >= 4 is 35.1 Å². The Morgan fingerprint density at radius 1 is 0.909 bits per heavy atom. The van der Waals surface area contributed by atoms with Crippen LogP contribution in [0.5, 0.6) is 0 Å². The first-order chi connectivity index (χ1) is 16.0. The maximum absolute atomic E-state index is 13.2. The SMILES string of the molecule is O=C1COCCN1Cc1ccc(NC(=O)N(Cc2ccc(Cl)cc2)N2CCOCC2=O)cc1. The molecule has 1 N–H and O–H groups in total. The summed E-state index contributed by atoms with van der Waals surface area (Å²) in [6.45, 7) is 2.45.